The minimum atomic E-state index is -0.957. The smallest absolute Gasteiger partial charge is 0.335 e. The first-order valence-electron chi connectivity index (χ1n) is 5.60. The molecule has 1 aromatic carbocycles. The maximum absolute atomic E-state index is 10.9. The van der Waals surface area contributed by atoms with Gasteiger partial charge in [0.15, 0.2) is 0 Å². The number of pyridine rings is 1. The number of rotatable bonds is 3. The van der Waals surface area contributed by atoms with E-state index in [0.717, 1.165) is 16.8 Å². The summed E-state index contributed by atoms with van der Waals surface area (Å²) >= 11 is 0. The van der Waals surface area contributed by atoms with Crippen LogP contribution in [0.1, 0.15) is 21.5 Å². The molecule has 0 aliphatic heterocycles. The number of aryl methyl sites for hydroxylation is 2. The van der Waals surface area contributed by atoms with E-state index in [9.17, 15) is 4.79 Å². The summed E-state index contributed by atoms with van der Waals surface area (Å²) in [6.45, 7) is 3.99. The van der Waals surface area contributed by atoms with Crippen molar-refractivity contribution in [2.45, 2.75) is 13.8 Å². The Labute approximate surface area is 105 Å². The Balaban J connectivity index is 2.34. The van der Waals surface area contributed by atoms with E-state index in [1.165, 1.54) is 18.3 Å². The van der Waals surface area contributed by atoms with Crippen LogP contribution >= 0.6 is 0 Å². The first-order valence-corrected chi connectivity index (χ1v) is 5.60. The van der Waals surface area contributed by atoms with Gasteiger partial charge in [0.25, 0.3) is 0 Å². The van der Waals surface area contributed by atoms with E-state index >= 15 is 0 Å². The maximum Gasteiger partial charge on any atom is 0.335 e. The summed E-state index contributed by atoms with van der Waals surface area (Å²) in [5.41, 5.74) is 3.38. The highest BCUT2D eigenvalue weighted by atomic mass is 16.4. The molecule has 0 atom stereocenters. The second-order valence-corrected chi connectivity index (χ2v) is 4.13. The molecule has 0 bridgehead atoms. The lowest BCUT2D eigenvalue weighted by molar-refractivity contribution is 0.0697. The normalized spacial score (nSPS) is 10.1. The van der Waals surface area contributed by atoms with Gasteiger partial charge >= 0.3 is 5.97 Å². The Morgan fingerprint density at radius 1 is 1.22 bits per heavy atom. The van der Waals surface area contributed by atoms with E-state index in [4.69, 9.17) is 5.11 Å². The van der Waals surface area contributed by atoms with E-state index in [2.05, 4.69) is 10.3 Å². The van der Waals surface area contributed by atoms with Crippen LogP contribution in [0.2, 0.25) is 0 Å². The van der Waals surface area contributed by atoms with Crippen molar-refractivity contribution in [2.75, 3.05) is 5.32 Å². The van der Waals surface area contributed by atoms with Crippen LogP contribution in [-0.4, -0.2) is 16.1 Å². The molecule has 0 amide bonds. The van der Waals surface area contributed by atoms with Crippen LogP contribution in [0.3, 0.4) is 0 Å². The molecular weight excluding hydrogens is 228 g/mol. The zero-order valence-electron chi connectivity index (χ0n) is 10.3. The SMILES string of the molecule is Cc1cccc(C)c1Nc1cc(C(=O)O)ccn1. The molecule has 0 radical (unpaired) electrons. The molecule has 2 rings (SSSR count). The van der Waals surface area contributed by atoms with Gasteiger partial charge in [-0.05, 0) is 37.1 Å². The van der Waals surface area contributed by atoms with Crippen LogP contribution in [0.25, 0.3) is 0 Å². The molecule has 92 valence electrons. The molecule has 0 aliphatic rings. The molecule has 0 aliphatic carbocycles. The predicted molar refractivity (Wildman–Crippen MR) is 70.4 cm³/mol. The third-order valence-electron chi connectivity index (χ3n) is 2.74. The molecule has 0 saturated heterocycles. The lowest BCUT2D eigenvalue weighted by atomic mass is 10.1. The van der Waals surface area contributed by atoms with Gasteiger partial charge in [0.1, 0.15) is 5.82 Å². The zero-order chi connectivity index (χ0) is 13.1. The van der Waals surface area contributed by atoms with Gasteiger partial charge in [-0.15, -0.1) is 0 Å². The predicted octanol–water partition coefficient (Wildman–Crippen LogP) is 3.14. The van der Waals surface area contributed by atoms with E-state index in [0.29, 0.717) is 5.82 Å². The monoisotopic (exact) mass is 242 g/mol. The summed E-state index contributed by atoms with van der Waals surface area (Å²) in [4.78, 5) is 15.0. The van der Waals surface area contributed by atoms with E-state index in [1.54, 1.807) is 0 Å². The number of carbonyl (C=O) groups is 1. The molecular formula is C14H14N2O2. The van der Waals surface area contributed by atoms with Gasteiger partial charge in [-0.3, -0.25) is 0 Å². The summed E-state index contributed by atoms with van der Waals surface area (Å²) in [5.74, 6) is -0.422. The van der Waals surface area contributed by atoms with E-state index in [-0.39, 0.29) is 5.56 Å². The summed E-state index contributed by atoms with van der Waals surface area (Å²) in [5, 5.41) is 12.1. The quantitative estimate of drug-likeness (QED) is 0.868. The van der Waals surface area contributed by atoms with Gasteiger partial charge in [0.05, 0.1) is 5.56 Å². The fourth-order valence-corrected chi connectivity index (χ4v) is 1.77. The number of hydrogen-bond donors (Lipinski definition) is 2. The molecule has 2 N–H and O–H groups in total. The van der Waals surface area contributed by atoms with Crippen LogP contribution in [0.5, 0.6) is 0 Å². The van der Waals surface area contributed by atoms with Crippen LogP contribution in [0.4, 0.5) is 11.5 Å². The maximum atomic E-state index is 10.9. The molecule has 1 heterocycles. The molecule has 4 nitrogen and oxygen atoms in total. The second kappa shape index (κ2) is 4.87. The first-order chi connectivity index (χ1) is 8.58. The van der Waals surface area contributed by atoms with Crippen molar-refractivity contribution in [3.05, 3.63) is 53.2 Å². The Morgan fingerprint density at radius 3 is 2.50 bits per heavy atom. The van der Waals surface area contributed by atoms with Crippen LogP contribution in [0, 0.1) is 13.8 Å². The van der Waals surface area contributed by atoms with E-state index < -0.39 is 5.97 Å². The second-order valence-electron chi connectivity index (χ2n) is 4.13. The van der Waals surface area contributed by atoms with Crippen molar-refractivity contribution in [3.8, 4) is 0 Å². The summed E-state index contributed by atoms with van der Waals surface area (Å²) in [7, 11) is 0. The number of aromatic carboxylic acids is 1. The number of carboxylic acid groups (broad SMARTS) is 1. The number of hydrogen-bond acceptors (Lipinski definition) is 3. The number of aromatic nitrogens is 1. The number of benzene rings is 1. The van der Waals surface area contributed by atoms with Crippen molar-refractivity contribution < 1.29 is 9.90 Å². The van der Waals surface area contributed by atoms with Gasteiger partial charge in [0.2, 0.25) is 0 Å². The minimum Gasteiger partial charge on any atom is -0.478 e. The zero-order valence-corrected chi connectivity index (χ0v) is 10.3. The van der Waals surface area contributed by atoms with Gasteiger partial charge in [-0.25, -0.2) is 9.78 Å². The summed E-state index contributed by atoms with van der Waals surface area (Å²) < 4.78 is 0. The molecule has 0 spiro atoms. The molecule has 0 fully saturated rings. The van der Waals surface area contributed by atoms with Crippen molar-refractivity contribution in [1.29, 1.82) is 0 Å². The lowest BCUT2D eigenvalue weighted by Crippen LogP contribution is -2.01. The fraction of sp³-hybridized carbons (Fsp3) is 0.143. The van der Waals surface area contributed by atoms with Crippen molar-refractivity contribution >= 4 is 17.5 Å². The van der Waals surface area contributed by atoms with Crippen molar-refractivity contribution in [2.24, 2.45) is 0 Å². The molecule has 4 heteroatoms. The fourth-order valence-electron chi connectivity index (χ4n) is 1.77. The molecule has 18 heavy (non-hydrogen) atoms. The van der Waals surface area contributed by atoms with Crippen LogP contribution in [0.15, 0.2) is 36.5 Å². The number of nitrogens with one attached hydrogen (secondary N) is 1. The third kappa shape index (κ3) is 2.48. The van der Waals surface area contributed by atoms with Gasteiger partial charge in [-0.2, -0.15) is 0 Å². The molecule has 2 aromatic rings. The molecule has 1 aromatic heterocycles. The standard InChI is InChI=1S/C14H14N2O2/c1-9-4-3-5-10(2)13(9)16-12-8-11(14(17)18)6-7-15-12/h3-8H,1-2H3,(H,15,16)(H,17,18). The highest BCUT2D eigenvalue weighted by Crippen LogP contribution is 2.23. The highest BCUT2D eigenvalue weighted by Gasteiger charge is 2.06. The average Bonchev–Trinajstić information content (AvgIpc) is 2.34. The van der Waals surface area contributed by atoms with Crippen LogP contribution in [-0.2, 0) is 0 Å². The Kier molecular flexibility index (Phi) is 3.28. The molecule has 0 saturated carbocycles. The number of carboxylic acids is 1. The Bertz CT molecular complexity index is 574. The minimum absolute atomic E-state index is 0.221. The largest absolute Gasteiger partial charge is 0.478 e. The van der Waals surface area contributed by atoms with Gasteiger partial charge < -0.3 is 10.4 Å². The summed E-state index contributed by atoms with van der Waals surface area (Å²) in [6.07, 6.45) is 1.49. The Hall–Kier alpha value is -2.36. The summed E-state index contributed by atoms with van der Waals surface area (Å²) in [6, 6.07) is 8.97. The Morgan fingerprint density at radius 2 is 1.89 bits per heavy atom. The average molecular weight is 242 g/mol. The van der Waals surface area contributed by atoms with Gasteiger partial charge in [-0.1, -0.05) is 18.2 Å². The first kappa shape index (κ1) is 12.1. The van der Waals surface area contributed by atoms with E-state index in [1.807, 2.05) is 32.0 Å². The number of para-hydroxylation sites is 1. The highest BCUT2D eigenvalue weighted by molar-refractivity contribution is 5.88. The number of anilines is 2. The van der Waals surface area contributed by atoms with Gasteiger partial charge in [0, 0.05) is 11.9 Å². The lowest BCUT2D eigenvalue weighted by Gasteiger charge is -2.12. The molecule has 0 unspecified atom stereocenters. The van der Waals surface area contributed by atoms with Crippen molar-refractivity contribution in [3.63, 3.8) is 0 Å². The van der Waals surface area contributed by atoms with Crippen LogP contribution < -0.4 is 5.32 Å². The number of nitrogens with zero attached hydrogens (tertiary/aromatic N) is 1. The van der Waals surface area contributed by atoms with Crippen molar-refractivity contribution in [1.82, 2.24) is 4.98 Å². The third-order valence-corrected chi connectivity index (χ3v) is 2.74. The topological polar surface area (TPSA) is 62.2 Å².